The molecular weight excluding hydrogens is 400 g/mol. The van der Waals surface area contributed by atoms with Gasteiger partial charge in [0.2, 0.25) is 0 Å². The number of amides is 1. The van der Waals surface area contributed by atoms with Gasteiger partial charge >= 0.3 is 5.97 Å². The Balaban J connectivity index is 1.71. The standard InChI is InChI=1S/C27H24N2O3/c1-32-27(31)25(16-18-8-3-2-4-9-18)29-26(30)23-15-14-20(28)17-24(23)22-13-7-11-19-10-5-6-12-21(19)22/h2-15,17,25H,16,28H2,1H3,(H,29,30). The van der Waals surface area contributed by atoms with Crippen LogP contribution < -0.4 is 11.1 Å². The Morgan fingerprint density at radius 2 is 1.59 bits per heavy atom. The molecule has 0 aliphatic carbocycles. The number of hydrogen-bond acceptors (Lipinski definition) is 4. The largest absolute Gasteiger partial charge is 0.467 e. The van der Waals surface area contributed by atoms with Gasteiger partial charge in [0.15, 0.2) is 0 Å². The van der Waals surface area contributed by atoms with Gasteiger partial charge in [0.1, 0.15) is 6.04 Å². The number of fused-ring (bicyclic) bond motifs is 1. The molecule has 4 rings (SSSR count). The molecule has 0 saturated carbocycles. The van der Waals surface area contributed by atoms with Gasteiger partial charge in [-0.15, -0.1) is 0 Å². The van der Waals surface area contributed by atoms with Crippen molar-refractivity contribution in [2.75, 3.05) is 12.8 Å². The molecule has 32 heavy (non-hydrogen) atoms. The van der Waals surface area contributed by atoms with Crippen LogP contribution in [0.15, 0.2) is 91.0 Å². The van der Waals surface area contributed by atoms with Crippen LogP contribution in [0, 0.1) is 0 Å². The van der Waals surface area contributed by atoms with Crippen LogP contribution in [0.3, 0.4) is 0 Å². The van der Waals surface area contributed by atoms with Crippen LogP contribution in [-0.4, -0.2) is 25.0 Å². The number of nitrogen functional groups attached to an aromatic ring is 1. The molecule has 5 nitrogen and oxygen atoms in total. The molecule has 4 aromatic carbocycles. The quantitative estimate of drug-likeness (QED) is 0.350. The van der Waals surface area contributed by atoms with Crippen molar-refractivity contribution in [2.24, 2.45) is 0 Å². The normalized spacial score (nSPS) is 11.7. The van der Waals surface area contributed by atoms with Crippen LogP contribution in [0.2, 0.25) is 0 Å². The number of hydrogen-bond donors (Lipinski definition) is 2. The Morgan fingerprint density at radius 1 is 0.875 bits per heavy atom. The maximum Gasteiger partial charge on any atom is 0.328 e. The van der Waals surface area contributed by atoms with Crippen molar-refractivity contribution in [3.05, 3.63) is 102 Å². The highest BCUT2D eigenvalue weighted by atomic mass is 16.5. The van der Waals surface area contributed by atoms with E-state index in [4.69, 9.17) is 10.5 Å². The van der Waals surface area contributed by atoms with E-state index in [1.54, 1.807) is 18.2 Å². The summed E-state index contributed by atoms with van der Waals surface area (Å²) < 4.78 is 4.94. The Hall–Kier alpha value is -4.12. The molecule has 0 aromatic heterocycles. The number of anilines is 1. The third kappa shape index (κ3) is 4.47. The first-order chi connectivity index (χ1) is 15.6. The van der Waals surface area contributed by atoms with Gasteiger partial charge in [0.25, 0.3) is 5.91 Å². The van der Waals surface area contributed by atoms with Gasteiger partial charge in [0, 0.05) is 17.7 Å². The smallest absolute Gasteiger partial charge is 0.328 e. The number of rotatable bonds is 6. The first kappa shape index (κ1) is 21.1. The second kappa shape index (κ2) is 9.35. The summed E-state index contributed by atoms with van der Waals surface area (Å²) in [5, 5.41) is 4.94. The summed E-state index contributed by atoms with van der Waals surface area (Å²) in [5.41, 5.74) is 9.61. The molecule has 0 fully saturated rings. The lowest BCUT2D eigenvalue weighted by molar-refractivity contribution is -0.142. The summed E-state index contributed by atoms with van der Waals surface area (Å²) in [5.74, 6) is -0.858. The highest BCUT2D eigenvalue weighted by molar-refractivity contribution is 6.07. The van der Waals surface area contributed by atoms with Crippen molar-refractivity contribution in [1.29, 1.82) is 0 Å². The van der Waals surface area contributed by atoms with E-state index in [0.29, 0.717) is 23.2 Å². The molecule has 1 amide bonds. The maximum atomic E-state index is 13.3. The topological polar surface area (TPSA) is 81.4 Å². The summed E-state index contributed by atoms with van der Waals surface area (Å²) in [6, 6.07) is 27.8. The summed E-state index contributed by atoms with van der Waals surface area (Å²) in [6.45, 7) is 0. The summed E-state index contributed by atoms with van der Waals surface area (Å²) in [4.78, 5) is 25.8. The van der Waals surface area contributed by atoms with E-state index in [1.807, 2.05) is 72.8 Å². The first-order valence-corrected chi connectivity index (χ1v) is 10.4. The van der Waals surface area contributed by atoms with Crippen LogP contribution in [0.4, 0.5) is 5.69 Å². The Morgan fingerprint density at radius 3 is 2.38 bits per heavy atom. The van der Waals surface area contributed by atoms with Crippen molar-refractivity contribution in [1.82, 2.24) is 5.32 Å². The average molecular weight is 425 g/mol. The highest BCUT2D eigenvalue weighted by Crippen LogP contribution is 2.32. The number of benzene rings is 4. The minimum Gasteiger partial charge on any atom is -0.467 e. The van der Waals surface area contributed by atoms with E-state index in [-0.39, 0.29) is 5.91 Å². The Kier molecular flexibility index (Phi) is 6.17. The van der Waals surface area contributed by atoms with Gasteiger partial charge in [0.05, 0.1) is 7.11 Å². The molecule has 5 heteroatoms. The van der Waals surface area contributed by atoms with Gasteiger partial charge in [-0.2, -0.15) is 0 Å². The summed E-state index contributed by atoms with van der Waals surface area (Å²) >= 11 is 0. The molecule has 0 bridgehead atoms. The number of carbonyl (C=O) groups is 2. The van der Waals surface area contributed by atoms with Crippen molar-refractivity contribution in [3.8, 4) is 11.1 Å². The lowest BCUT2D eigenvalue weighted by Gasteiger charge is -2.19. The van der Waals surface area contributed by atoms with Gasteiger partial charge in [-0.3, -0.25) is 4.79 Å². The van der Waals surface area contributed by atoms with Crippen LogP contribution in [0.1, 0.15) is 15.9 Å². The van der Waals surface area contributed by atoms with Crippen LogP contribution >= 0.6 is 0 Å². The van der Waals surface area contributed by atoms with E-state index < -0.39 is 12.0 Å². The Labute approximate surface area is 186 Å². The van der Waals surface area contributed by atoms with Crippen molar-refractivity contribution < 1.29 is 14.3 Å². The minimum absolute atomic E-state index is 0.331. The SMILES string of the molecule is COC(=O)C(Cc1ccccc1)NC(=O)c1ccc(N)cc1-c1cccc2ccccc12. The van der Waals surface area contributed by atoms with E-state index in [0.717, 1.165) is 21.9 Å². The minimum atomic E-state index is -0.812. The highest BCUT2D eigenvalue weighted by Gasteiger charge is 2.24. The third-order valence-corrected chi connectivity index (χ3v) is 5.44. The van der Waals surface area contributed by atoms with Gasteiger partial charge in [-0.1, -0.05) is 72.8 Å². The fourth-order valence-electron chi connectivity index (χ4n) is 3.86. The monoisotopic (exact) mass is 424 g/mol. The fourth-order valence-corrected chi connectivity index (χ4v) is 3.86. The second-order valence-electron chi connectivity index (χ2n) is 7.57. The van der Waals surface area contributed by atoms with Crippen molar-refractivity contribution >= 4 is 28.3 Å². The lowest BCUT2D eigenvalue weighted by Crippen LogP contribution is -2.43. The predicted octanol–water partition coefficient (Wildman–Crippen LogP) is 4.60. The van der Waals surface area contributed by atoms with Crippen LogP contribution in [0.5, 0.6) is 0 Å². The lowest BCUT2D eigenvalue weighted by atomic mass is 9.93. The van der Waals surface area contributed by atoms with Gasteiger partial charge in [-0.25, -0.2) is 4.79 Å². The first-order valence-electron chi connectivity index (χ1n) is 10.4. The van der Waals surface area contributed by atoms with Crippen molar-refractivity contribution in [2.45, 2.75) is 12.5 Å². The summed E-state index contributed by atoms with van der Waals surface area (Å²) in [6.07, 6.45) is 0.331. The maximum absolute atomic E-state index is 13.3. The molecule has 160 valence electrons. The number of carbonyl (C=O) groups excluding carboxylic acids is 2. The molecule has 1 atom stereocenters. The van der Waals surface area contributed by atoms with Gasteiger partial charge in [-0.05, 0) is 45.7 Å². The predicted molar refractivity (Wildman–Crippen MR) is 127 cm³/mol. The number of nitrogens with two attached hydrogens (primary N) is 1. The molecule has 0 aliphatic heterocycles. The average Bonchev–Trinajstić information content (AvgIpc) is 2.83. The molecule has 4 aromatic rings. The molecule has 0 aliphatic rings. The number of methoxy groups -OCH3 is 1. The second-order valence-corrected chi connectivity index (χ2v) is 7.57. The van der Waals surface area contributed by atoms with Gasteiger partial charge < -0.3 is 15.8 Å². The van der Waals surface area contributed by atoms with E-state index in [9.17, 15) is 9.59 Å². The molecular formula is C27H24N2O3. The zero-order valence-corrected chi connectivity index (χ0v) is 17.7. The van der Waals surface area contributed by atoms with E-state index >= 15 is 0 Å². The molecule has 0 saturated heterocycles. The number of nitrogens with one attached hydrogen (secondary N) is 1. The zero-order chi connectivity index (χ0) is 22.5. The number of ether oxygens (including phenoxy) is 1. The zero-order valence-electron chi connectivity index (χ0n) is 17.7. The molecule has 3 N–H and O–H groups in total. The molecule has 1 unspecified atom stereocenters. The summed E-state index contributed by atoms with van der Waals surface area (Å²) in [7, 11) is 1.32. The number of esters is 1. The van der Waals surface area contributed by atoms with Crippen LogP contribution in [-0.2, 0) is 16.0 Å². The third-order valence-electron chi connectivity index (χ3n) is 5.44. The van der Waals surface area contributed by atoms with Crippen molar-refractivity contribution in [3.63, 3.8) is 0 Å². The molecule has 0 heterocycles. The fraction of sp³-hybridized carbons (Fsp3) is 0.111. The molecule has 0 radical (unpaired) electrons. The van der Waals surface area contributed by atoms with E-state index in [1.165, 1.54) is 7.11 Å². The molecule has 0 spiro atoms. The Bertz CT molecular complexity index is 1260. The van der Waals surface area contributed by atoms with E-state index in [2.05, 4.69) is 5.32 Å². The van der Waals surface area contributed by atoms with Crippen LogP contribution in [0.25, 0.3) is 21.9 Å².